The van der Waals surface area contributed by atoms with Crippen LogP contribution in [0.4, 0.5) is 0 Å². The third-order valence-corrected chi connectivity index (χ3v) is 3.23. The van der Waals surface area contributed by atoms with Gasteiger partial charge in [0, 0.05) is 18.2 Å². The number of aliphatic carboxylic acids is 1. The van der Waals surface area contributed by atoms with Gasteiger partial charge in [-0.05, 0) is 19.8 Å². The molecule has 0 spiro atoms. The van der Waals surface area contributed by atoms with Gasteiger partial charge < -0.3 is 15.5 Å². The fourth-order valence-corrected chi connectivity index (χ4v) is 2.21. The zero-order valence-corrected chi connectivity index (χ0v) is 9.83. The lowest BCUT2D eigenvalue weighted by Gasteiger charge is -2.36. The highest BCUT2D eigenvalue weighted by atomic mass is 16.4. The summed E-state index contributed by atoms with van der Waals surface area (Å²) >= 11 is 0. The molecule has 4 nitrogen and oxygen atoms in total. The number of nitrogens with one attached hydrogen (secondary N) is 1. The van der Waals surface area contributed by atoms with Gasteiger partial charge in [-0.1, -0.05) is 24.8 Å². The number of carboxylic acids is 1. The van der Waals surface area contributed by atoms with E-state index in [0.717, 1.165) is 31.3 Å². The van der Waals surface area contributed by atoms with Crippen LogP contribution in [-0.2, 0) is 4.79 Å². The molecule has 16 heavy (non-hydrogen) atoms. The quantitative estimate of drug-likeness (QED) is 0.619. The Balaban J connectivity index is 2.47. The van der Waals surface area contributed by atoms with Crippen molar-refractivity contribution >= 4 is 5.97 Å². The van der Waals surface area contributed by atoms with Gasteiger partial charge in [0.2, 0.25) is 0 Å². The van der Waals surface area contributed by atoms with Gasteiger partial charge >= 0.3 is 5.97 Å². The van der Waals surface area contributed by atoms with Crippen molar-refractivity contribution in [3.8, 4) is 0 Å². The Labute approximate surface area is 96.4 Å². The summed E-state index contributed by atoms with van der Waals surface area (Å²) in [4.78, 5) is 10.5. The van der Waals surface area contributed by atoms with E-state index >= 15 is 0 Å². The molecular formula is C12H21NO3. The number of rotatable bonds is 5. The van der Waals surface area contributed by atoms with E-state index in [9.17, 15) is 9.90 Å². The van der Waals surface area contributed by atoms with Crippen LogP contribution in [0.3, 0.4) is 0 Å². The Hall–Kier alpha value is -0.870. The first-order chi connectivity index (χ1) is 7.58. The fourth-order valence-electron chi connectivity index (χ4n) is 2.21. The Bertz CT molecular complexity index is 267. The molecule has 92 valence electrons. The molecule has 1 fully saturated rings. The summed E-state index contributed by atoms with van der Waals surface area (Å²) in [6.07, 6.45) is 6.66. The van der Waals surface area contributed by atoms with Gasteiger partial charge in [-0.25, -0.2) is 4.79 Å². The smallest absolute Gasteiger partial charge is 0.328 e. The Morgan fingerprint density at radius 1 is 1.38 bits per heavy atom. The molecule has 0 atom stereocenters. The maximum Gasteiger partial charge on any atom is 0.328 e. The van der Waals surface area contributed by atoms with Crippen LogP contribution in [0.25, 0.3) is 0 Å². The highest BCUT2D eigenvalue weighted by Crippen LogP contribution is 2.27. The predicted molar refractivity (Wildman–Crippen MR) is 62.3 cm³/mol. The molecule has 0 heterocycles. The maximum atomic E-state index is 10.5. The van der Waals surface area contributed by atoms with Crippen LogP contribution in [0.1, 0.15) is 39.0 Å². The number of aliphatic hydroxyl groups excluding tert-OH is 1. The van der Waals surface area contributed by atoms with E-state index in [2.05, 4.69) is 5.32 Å². The van der Waals surface area contributed by atoms with Crippen molar-refractivity contribution < 1.29 is 15.0 Å². The SMILES string of the molecule is CC(=CC(=O)O)CNC1(CO)CCCCC1. The normalized spacial score (nSPS) is 20.8. The monoisotopic (exact) mass is 227 g/mol. The van der Waals surface area contributed by atoms with E-state index in [0.29, 0.717) is 6.54 Å². The molecule has 1 rings (SSSR count). The second-order valence-electron chi connectivity index (χ2n) is 4.68. The first kappa shape index (κ1) is 13.2. The van der Waals surface area contributed by atoms with Crippen LogP contribution in [0.5, 0.6) is 0 Å². The lowest BCUT2D eigenvalue weighted by Crippen LogP contribution is -2.50. The minimum atomic E-state index is -0.916. The summed E-state index contributed by atoms with van der Waals surface area (Å²) in [5.74, 6) is -0.916. The number of aliphatic hydroxyl groups is 1. The minimum Gasteiger partial charge on any atom is -0.478 e. The van der Waals surface area contributed by atoms with E-state index in [-0.39, 0.29) is 12.1 Å². The minimum absolute atomic E-state index is 0.132. The highest BCUT2D eigenvalue weighted by Gasteiger charge is 2.30. The largest absolute Gasteiger partial charge is 0.478 e. The second kappa shape index (κ2) is 6.01. The van der Waals surface area contributed by atoms with Crippen molar-refractivity contribution in [3.63, 3.8) is 0 Å². The zero-order chi connectivity index (χ0) is 12.0. The van der Waals surface area contributed by atoms with Crippen molar-refractivity contribution in [1.82, 2.24) is 5.32 Å². The van der Waals surface area contributed by atoms with Crippen LogP contribution in [0, 0.1) is 0 Å². The molecule has 1 aliphatic rings. The zero-order valence-electron chi connectivity index (χ0n) is 9.83. The third-order valence-electron chi connectivity index (χ3n) is 3.23. The van der Waals surface area contributed by atoms with Crippen molar-refractivity contribution in [3.05, 3.63) is 11.6 Å². The highest BCUT2D eigenvalue weighted by molar-refractivity contribution is 5.80. The predicted octanol–water partition coefficient (Wildman–Crippen LogP) is 1.30. The van der Waals surface area contributed by atoms with E-state index < -0.39 is 5.97 Å². The lowest BCUT2D eigenvalue weighted by molar-refractivity contribution is -0.131. The van der Waals surface area contributed by atoms with Gasteiger partial charge in [0.05, 0.1) is 6.61 Å². The van der Waals surface area contributed by atoms with Crippen LogP contribution >= 0.6 is 0 Å². The van der Waals surface area contributed by atoms with Crippen molar-refractivity contribution in [2.45, 2.75) is 44.6 Å². The van der Waals surface area contributed by atoms with Gasteiger partial charge in [0.15, 0.2) is 0 Å². The first-order valence-electron chi connectivity index (χ1n) is 5.84. The van der Waals surface area contributed by atoms with E-state index in [1.165, 1.54) is 12.5 Å². The summed E-state index contributed by atoms with van der Waals surface area (Å²) in [5, 5.41) is 21.3. The Morgan fingerprint density at radius 3 is 2.50 bits per heavy atom. The third kappa shape index (κ3) is 3.94. The van der Waals surface area contributed by atoms with Crippen LogP contribution in [-0.4, -0.2) is 34.9 Å². The van der Waals surface area contributed by atoms with E-state index in [1.807, 2.05) is 0 Å². The second-order valence-corrected chi connectivity index (χ2v) is 4.68. The number of hydrogen-bond donors (Lipinski definition) is 3. The summed E-state index contributed by atoms with van der Waals surface area (Å²) < 4.78 is 0. The van der Waals surface area contributed by atoms with E-state index in [1.54, 1.807) is 6.92 Å². The molecule has 0 aromatic rings. The molecule has 0 aromatic heterocycles. The van der Waals surface area contributed by atoms with Crippen molar-refractivity contribution in [2.24, 2.45) is 0 Å². The average Bonchev–Trinajstić information content (AvgIpc) is 2.27. The maximum absolute atomic E-state index is 10.5. The molecule has 0 aliphatic heterocycles. The Kier molecular flexibility index (Phi) is 4.96. The molecule has 1 aliphatic carbocycles. The van der Waals surface area contributed by atoms with Gasteiger partial charge in [-0.3, -0.25) is 0 Å². The summed E-state index contributed by atoms with van der Waals surface area (Å²) in [7, 11) is 0. The van der Waals surface area contributed by atoms with Gasteiger partial charge in [-0.2, -0.15) is 0 Å². The molecule has 0 bridgehead atoms. The summed E-state index contributed by atoms with van der Waals surface area (Å²) in [6.45, 7) is 2.45. The fraction of sp³-hybridized carbons (Fsp3) is 0.750. The van der Waals surface area contributed by atoms with E-state index in [4.69, 9.17) is 5.11 Å². The molecule has 3 N–H and O–H groups in total. The van der Waals surface area contributed by atoms with Crippen LogP contribution in [0.2, 0.25) is 0 Å². The molecule has 0 radical (unpaired) electrons. The average molecular weight is 227 g/mol. The van der Waals surface area contributed by atoms with Crippen molar-refractivity contribution in [2.75, 3.05) is 13.2 Å². The van der Waals surface area contributed by atoms with Gasteiger partial charge in [0.25, 0.3) is 0 Å². The summed E-state index contributed by atoms with van der Waals surface area (Å²) in [5.41, 5.74) is 0.595. The van der Waals surface area contributed by atoms with Crippen LogP contribution < -0.4 is 5.32 Å². The lowest BCUT2D eigenvalue weighted by atomic mass is 9.82. The molecule has 1 saturated carbocycles. The topological polar surface area (TPSA) is 69.6 Å². The first-order valence-corrected chi connectivity index (χ1v) is 5.84. The van der Waals surface area contributed by atoms with Gasteiger partial charge in [0.1, 0.15) is 0 Å². The standard InChI is InChI=1S/C12H21NO3/c1-10(7-11(15)16)8-13-12(9-14)5-3-2-4-6-12/h7,13-14H,2-6,8-9H2,1H3,(H,15,16). The number of carboxylic acid groups (broad SMARTS) is 1. The van der Waals surface area contributed by atoms with Crippen molar-refractivity contribution in [1.29, 1.82) is 0 Å². The number of carbonyl (C=O) groups is 1. The number of hydrogen-bond acceptors (Lipinski definition) is 3. The molecule has 0 amide bonds. The summed E-state index contributed by atoms with van der Waals surface area (Å²) in [6, 6.07) is 0. The molecular weight excluding hydrogens is 206 g/mol. The molecule has 4 heteroatoms. The molecule has 0 aromatic carbocycles. The van der Waals surface area contributed by atoms with Crippen LogP contribution in [0.15, 0.2) is 11.6 Å². The molecule has 0 saturated heterocycles. The Morgan fingerprint density at radius 2 is 2.00 bits per heavy atom. The van der Waals surface area contributed by atoms with Gasteiger partial charge in [-0.15, -0.1) is 0 Å². The molecule has 0 unspecified atom stereocenters.